The van der Waals surface area contributed by atoms with Gasteiger partial charge in [-0.05, 0) is 32.3 Å². The summed E-state index contributed by atoms with van der Waals surface area (Å²) in [4.78, 5) is 41.7. The van der Waals surface area contributed by atoms with Crippen LogP contribution in [0.3, 0.4) is 0 Å². The molecule has 0 aliphatic heterocycles. The van der Waals surface area contributed by atoms with E-state index >= 15 is 0 Å². The second kappa shape index (κ2) is 4.76. The molecule has 6 nitrogen and oxygen atoms in total. The number of aryl methyl sites for hydroxylation is 1. The van der Waals surface area contributed by atoms with E-state index in [1.54, 1.807) is 12.1 Å². The molecule has 2 N–H and O–H groups in total. The van der Waals surface area contributed by atoms with Crippen LogP contribution in [0.15, 0.2) is 23.0 Å². The number of benzene rings is 1. The Labute approximate surface area is 131 Å². The fourth-order valence-corrected chi connectivity index (χ4v) is 2.93. The lowest BCUT2D eigenvalue weighted by Gasteiger charge is -2.34. The number of fused-ring (bicyclic) bond motifs is 1. The van der Waals surface area contributed by atoms with Crippen LogP contribution in [0.1, 0.15) is 36.1 Å². The first kappa shape index (κ1) is 11.1. The Morgan fingerprint density at radius 3 is 2.82 bits per heavy atom. The van der Waals surface area contributed by atoms with Crippen molar-refractivity contribution in [2.24, 2.45) is 0 Å². The summed E-state index contributed by atoms with van der Waals surface area (Å²) < 4.78 is 24.8. The van der Waals surface area contributed by atoms with Gasteiger partial charge >= 0.3 is 0 Å². The molecule has 0 unspecified atom stereocenters. The Morgan fingerprint density at radius 1 is 1.36 bits per heavy atom. The fraction of sp³-hybridized carbons (Fsp3) is 0.375. The van der Waals surface area contributed by atoms with Gasteiger partial charge in [0, 0.05) is 16.2 Å². The number of hydrogen-bond donors (Lipinski definition) is 1. The minimum absolute atomic E-state index is 0.0708. The highest BCUT2D eigenvalue weighted by Crippen LogP contribution is 2.30. The molecule has 1 fully saturated rings. The van der Waals surface area contributed by atoms with Crippen LogP contribution in [-0.4, -0.2) is 21.1 Å². The molecular weight excluding hydrogens is 282 g/mol. The summed E-state index contributed by atoms with van der Waals surface area (Å²) in [6.07, 6.45) is -0.854. The number of anilines is 1. The molecule has 0 bridgehead atoms. The first-order chi connectivity index (χ1) is 11.6. The lowest BCUT2D eigenvalue weighted by Crippen LogP contribution is -2.49. The number of hydrogen-bond acceptors (Lipinski definition) is 5. The van der Waals surface area contributed by atoms with E-state index in [0.29, 0.717) is 5.52 Å². The average molecular weight is 302 g/mol. The third-order valence-corrected chi connectivity index (χ3v) is 4.06. The number of ketones is 2. The van der Waals surface area contributed by atoms with Gasteiger partial charge < -0.3 is 5.73 Å². The van der Waals surface area contributed by atoms with E-state index in [2.05, 4.69) is 4.98 Å². The van der Waals surface area contributed by atoms with Gasteiger partial charge in [-0.15, -0.1) is 0 Å². The van der Waals surface area contributed by atoms with Crippen LogP contribution in [0.4, 0.5) is 5.69 Å². The van der Waals surface area contributed by atoms with Crippen LogP contribution in [0.5, 0.6) is 0 Å². The molecule has 1 aromatic heterocycles. The van der Waals surface area contributed by atoms with Crippen LogP contribution in [-0.2, 0) is 15.1 Å². The lowest BCUT2D eigenvalue weighted by molar-refractivity contribution is -0.136. The monoisotopic (exact) mass is 302 g/mol. The van der Waals surface area contributed by atoms with Crippen LogP contribution >= 0.6 is 0 Å². The summed E-state index contributed by atoms with van der Waals surface area (Å²) in [5, 5.41) is 0.0708. The zero-order valence-corrected chi connectivity index (χ0v) is 12.0. The van der Waals surface area contributed by atoms with Crippen LogP contribution in [0, 0.1) is 6.92 Å². The third kappa shape index (κ3) is 1.94. The maximum absolute atomic E-state index is 13.1. The van der Waals surface area contributed by atoms with E-state index in [4.69, 9.17) is 9.85 Å². The highest BCUT2D eigenvalue weighted by atomic mass is 16.2. The molecule has 22 heavy (non-hydrogen) atoms. The molecule has 0 radical (unpaired) electrons. The standard InChI is InChI=1S/C16H17N3O3/c1-9-18-12-5-3-4-11(17)14(12)15(22)19(9)16(2)7-6-10(20)8-13(16)21/h3-5H,6-8,17H2,1-2H3/t16-/m0/s1/i2D3. The van der Waals surface area contributed by atoms with Gasteiger partial charge in [-0.3, -0.25) is 19.0 Å². The molecule has 1 aliphatic carbocycles. The molecule has 0 spiro atoms. The van der Waals surface area contributed by atoms with Crippen molar-refractivity contribution in [1.82, 2.24) is 9.55 Å². The minimum Gasteiger partial charge on any atom is -0.398 e. The number of rotatable bonds is 1. The van der Waals surface area contributed by atoms with Gasteiger partial charge in [-0.25, -0.2) is 4.98 Å². The number of Topliss-reactive ketones (excluding diaryl/α,β-unsaturated/α-hetero) is 2. The molecule has 1 heterocycles. The largest absolute Gasteiger partial charge is 0.398 e. The molecular formula is C16H17N3O3. The van der Waals surface area contributed by atoms with Crippen LogP contribution in [0.25, 0.3) is 10.9 Å². The number of nitrogens with zero attached hydrogens (tertiary/aromatic N) is 2. The Balaban J connectivity index is 2.43. The Bertz CT molecular complexity index is 965. The molecule has 114 valence electrons. The average Bonchev–Trinajstić information content (AvgIpc) is 2.47. The summed E-state index contributed by atoms with van der Waals surface area (Å²) in [5.41, 5.74) is 3.58. The summed E-state index contributed by atoms with van der Waals surface area (Å²) in [6, 6.07) is 4.75. The number of nitrogen functional groups attached to an aromatic ring is 1. The molecule has 6 heteroatoms. The summed E-state index contributed by atoms with van der Waals surface area (Å²) >= 11 is 0. The highest BCUT2D eigenvalue weighted by Gasteiger charge is 2.41. The normalized spacial score (nSPS) is 24.9. The van der Waals surface area contributed by atoms with Crippen molar-refractivity contribution in [1.29, 1.82) is 0 Å². The van der Waals surface area contributed by atoms with Crippen molar-refractivity contribution >= 4 is 28.2 Å². The van der Waals surface area contributed by atoms with Crippen molar-refractivity contribution in [3.8, 4) is 0 Å². The van der Waals surface area contributed by atoms with Crippen molar-refractivity contribution in [3.63, 3.8) is 0 Å². The zero-order chi connectivity index (χ0) is 18.6. The molecule has 2 aromatic rings. The van der Waals surface area contributed by atoms with E-state index in [9.17, 15) is 14.4 Å². The lowest BCUT2D eigenvalue weighted by atomic mass is 9.81. The van der Waals surface area contributed by atoms with Crippen molar-refractivity contribution in [3.05, 3.63) is 34.4 Å². The number of carbonyl (C=O) groups excluding carboxylic acids is 2. The summed E-state index contributed by atoms with van der Waals surface area (Å²) in [5.74, 6) is -1.02. The molecule has 1 aliphatic rings. The quantitative estimate of drug-likeness (QED) is 0.633. The topological polar surface area (TPSA) is 95.1 Å². The van der Waals surface area contributed by atoms with Gasteiger partial charge in [0.15, 0.2) is 5.78 Å². The van der Waals surface area contributed by atoms with Gasteiger partial charge in [0.25, 0.3) is 5.56 Å². The Morgan fingerprint density at radius 2 is 2.14 bits per heavy atom. The van der Waals surface area contributed by atoms with E-state index in [0.717, 1.165) is 4.57 Å². The van der Waals surface area contributed by atoms with Crippen molar-refractivity contribution in [2.45, 2.75) is 38.6 Å². The van der Waals surface area contributed by atoms with Gasteiger partial charge in [-0.1, -0.05) is 6.07 Å². The van der Waals surface area contributed by atoms with Crippen molar-refractivity contribution < 1.29 is 13.7 Å². The number of aromatic nitrogens is 2. The second-order valence-corrected chi connectivity index (χ2v) is 5.54. The molecule has 0 amide bonds. The predicted molar refractivity (Wildman–Crippen MR) is 82.7 cm³/mol. The highest BCUT2D eigenvalue weighted by molar-refractivity contribution is 6.05. The van der Waals surface area contributed by atoms with E-state index in [1.165, 1.54) is 13.0 Å². The van der Waals surface area contributed by atoms with Gasteiger partial charge in [0.2, 0.25) is 0 Å². The molecule has 1 aromatic carbocycles. The first-order valence-electron chi connectivity index (χ1n) is 8.43. The molecule has 1 saturated carbocycles. The predicted octanol–water partition coefficient (Wildman–Crippen LogP) is 1.32. The SMILES string of the molecule is [2H]C([2H])([2H])[C@]1(n2c(C)nc3cccc(N)c3c2=O)CCC(=O)CC1=O. The molecule has 3 rings (SSSR count). The Kier molecular flexibility index (Phi) is 2.41. The maximum atomic E-state index is 13.1. The zero-order valence-electron chi connectivity index (χ0n) is 15.0. The smallest absolute Gasteiger partial charge is 0.264 e. The van der Waals surface area contributed by atoms with Gasteiger partial charge in [0.05, 0.1) is 17.3 Å². The van der Waals surface area contributed by atoms with Gasteiger partial charge in [0.1, 0.15) is 17.1 Å². The van der Waals surface area contributed by atoms with E-state index < -0.39 is 30.2 Å². The number of carbonyl (C=O) groups is 2. The van der Waals surface area contributed by atoms with Gasteiger partial charge in [-0.2, -0.15) is 0 Å². The maximum Gasteiger partial charge on any atom is 0.264 e. The second-order valence-electron chi connectivity index (χ2n) is 5.54. The van der Waals surface area contributed by atoms with Crippen LogP contribution in [0.2, 0.25) is 0 Å². The molecule has 0 saturated heterocycles. The summed E-state index contributed by atoms with van der Waals surface area (Å²) in [7, 11) is 0. The van der Waals surface area contributed by atoms with E-state index in [-0.39, 0.29) is 35.5 Å². The van der Waals surface area contributed by atoms with E-state index in [1.807, 2.05) is 0 Å². The third-order valence-electron chi connectivity index (χ3n) is 4.06. The molecule has 1 atom stereocenters. The first-order valence-corrected chi connectivity index (χ1v) is 6.93. The minimum atomic E-state index is -2.81. The summed E-state index contributed by atoms with van der Waals surface area (Å²) in [6.45, 7) is -1.33. The van der Waals surface area contributed by atoms with Crippen molar-refractivity contribution in [2.75, 3.05) is 5.73 Å². The fourth-order valence-electron chi connectivity index (χ4n) is 2.93. The number of nitrogens with two attached hydrogens (primary N) is 1. The Hall–Kier alpha value is -2.50. The van der Waals surface area contributed by atoms with Crippen LogP contribution < -0.4 is 11.3 Å².